The van der Waals surface area contributed by atoms with Gasteiger partial charge in [-0.1, -0.05) is 57.6 Å². The van der Waals surface area contributed by atoms with Crippen LogP contribution < -0.4 is 0 Å². The van der Waals surface area contributed by atoms with Crippen LogP contribution in [-0.4, -0.2) is 45.9 Å². The Morgan fingerprint density at radius 2 is 1.87 bits per heavy atom. The summed E-state index contributed by atoms with van der Waals surface area (Å²) in [6.07, 6.45) is 12.5. The highest BCUT2D eigenvalue weighted by Crippen LogP contribution is 2.48. The molecule has 174 valence electrons. The first-order valence-electron chi connectivity index (χ1n) is 11.8. The molecule has 0 aromatic heterocycles. The third-order valence-electron chi connectivity index (χ3n) is 6.27. The Kier molecular flexibility index (Phi) is 13.4. The van der Waals surface area contributed by atoms with Gasteiger partial charge in [0, 0.05) is 11.2 Å². The number of carbonyl (C=O) groups excluding carboxylic acids is 1. The third kappa shape index (κ3) is 9.01. The molecular weight excluding hydrogens is 400 g/mol. The minimum atomic E-state index is -0.856. The standard InChI is InChI=1S/C24H42O5S/c1-4-7-8-9-10-11-12-13-19-14-16-24(5-2,18-20(25)26)23(28)22(19)30-17-15-21(27)29-6-3/h13,22-23,28H,4-12,14-18H2,1-3H3,(H,25,26)/t22-,23-,24-/m1/s1. The van der Waals surface area contributed by atoms with Crippen molar-refractivity contribution in [3.05, 3.63) is 11.6 Å². The number of esters is 1. The van der Waals surface area contributed by atoms with Crippen LogP contribution in [0.4, 0.5) is 0 Å². The average Bonchev–Trinajstić information content (AvgIpc) is 2.71. The smallest absolute Gasteiger partial charge is 0.306 e. The number of aliphatic carboxylic acids is 1. The van der Waals surface area contributed by atoms with Crippen molar-refractivity contribution in [2.75, 3.05) is 12.4 Å². The second-order valence-electron chi connectivity index (χ2n) is 8.41. The Balaban J connectivity index is 2.77. The second-order valence-corrected chi connectivity index (χ2v) is 9.66. The second kappa shape index (κ2) is 14.9. The van der Waals surface area contributed by atoms with E-state index in [1.807, 2.05) is 6.92 Å². The van der Waals surface area contributed by atoms with Crippen molar-refractivity contribution in [3.63, 3.8) is 0 Å². The molecule has 0 radical (unpaired) electrons. The van der Waals surface area contributed by atoms with Crippen LogP contribution in [0.15, 0.2) is 11.6 Å². The van der Waals surface area contributed by atoms with Crippen molar-refractivity contribution in [3.8, 4) is 0 Å². The van der Waals surface area contributed by atoms with Gasteiger partial charge in [0.2, 0.25) is 0 Å². The molecule has 1 rings (SSSR count). The van der Waals surface area contributed by atoms with Crippen LogP contribution in [0.1, 0.15) is 97.8 Å². The monoisotopic (exact) mass is 442 g/mol. The van der Waals surface area contributed by atoms with E-state index in [4.69, 9.17) is 4.74 Å². The quantitative estimate of drug-likeness (QED) is 0.191. The predicted molar refractivity (Wildman–Crippen MR) is 124 cm³/mol. The highest BCUT2D eigenvalue weighted by atomic mass is 32.2. The molecule has 1 aliphatic rings. The molecule has 0 aromatic rings. The summed E-state index contributed by atoms with van der Waals surface area (Å²) in [5, 5.41) is 20.5. The lowest BCUT2D eigenvalue weighted by Gasteiger charge is -2.45. The van der Waals surface area contributed by atoms with Crippen molar-refractivity contribution in [2.24, 2.45) is 5.41 Å². The molecule has 2 N–H and O–H groups in total. The molecule has 6 heteroatoms. The number of hydrogen-bond acceptors (Lipinski definition) is 5. The van der Waals surface area contributed by atoms with Crippen molar-refractivity contribution >= 4 is 23.7 Å². The zero-order valence-electron chi connectivity index (χ0n) is 19.2. The van der Waals surface area contributed by atoms with E-state index in [1.54, 1.807) is 18.7 Å². The van der Waals surface area contributed by atoms with Gasteiger partial charge < -0.3 is 14.9 Å². The van der Waals surface area contributed by atoms with Crippen molar-refractivity contribution in [1.29, 1.82) is 0 Å². The first-order chi connectivity index (χ1) is 14.4. The maximum atomic E-state index is 11.7. The van der Waals surface area contributed by atoms with Gasteiger partial charge in [-0.2, -0.15) is 11.8 Å². The Hall–Kier alpha value is -1.01. The Morgan fingerprint density at radius 1 is 1.17 bits per heavy atom. The van der Waals surface area contributed by atoms with E-state index < -0.39 is 17.5 Å². The number of aliphatic hydroxyl groups is 1. The molecule has 1 fully saturated rings. The molecule has 0 aliphatic heterocycles. The van der Waals surface area contributed by atoms with Gasteiger partial charge >= 0.3 is 11.9 Å². The highest BCUT2D eigenvalue weighted by molar-refractivity contribution is 8.00. The van der Waals surface area contributed by atoms with Crippen LogP contribution in [0.25, 0.3) is 0 Å². The van der Waals surface area contributed by atoms with E-state index in [1.165, 1.54) is 37.7 Å². The zero-order valence-corrected chi connectivity index (χ0v) is 20.0. The van der Waals surface area contributed by atoms with Crippen molar-refractivity contribution in [2.45, 2.75) is 109 Å². The minimum absolute atomic E-state index is 0.00961. The number of allylic oxidation sites excluding steroid dienone is 1. The molecule has 0 saturated heterocycles. The van der Waals surface area contributed by atoms with E-state index in [0.29, 0.717) is 31.6 Å². The molecule has 5 nitrogen and oxygen atoms in total. The van der Waals surface area contributed by atoms with Gasteiger partial charge in [0.25, 0.3) is 0 Å². The Bertz CT molecular complexity index is 548. The van der Waals surface area contributed by atoms with Gasteiger partial charge in [0.05, 0.1) is 30.8 Å². The average molecular weight is 443 g/mol. The SMILES string of the molecule is CCCCCCCCC=C1CC[C@](CC)(CC(=O)O)[C@H](O)[C@@H]1SCCC(=O)OCC. The van der Waals surface area contributed by atoms with Crippen LogP contribution >= 0.6 is 11.8 Å². The van der Waals surface area contributed by atoms with Crippen molar-refractivity contribution in [1.82, 2.24) is 0 Å². The number of hydrogen-bond donors (Lipinski definition) is 2. The van der Waals surface area contributed by atoms with Crippen LogP contribution in [0.5, 0.6) is 0 Å². The highest BCUT2D eigenvalue weighted by Gasteiger charge is 2.46. The summed E-state index contributed by atoms with van der Waals surface area (Å²) in [6, 6.07) is 0. The summed E-state index contributed by atoms with van der Waals surface area (Å²) in [4.78, 5) is 23.2. The fourth-order valence-electron chi connectivity index (χ4n) is 4.34. The van der Waals surface area contributed by atoms with Gasteiger partial charge in [-0.15, -0.1) is 0 Å². The summed E-state index contributed by atoms with van der Waals surface area (Å²) in [7, 11) is 0. The number of ether oxygens (including phenoxy) is 1. The van der Waals surface area contributed by atoms with Crippen LogP contribution in [0, 0.1) is 5.41 Å². The summed E-state index contributed by atoms with van der Waals surface area (Å²) in [5.74, 6) is -0.507. The van der Waals surface area contributed by atoms with E-state index >= 15 is 0 Å². The molecule has 1 saturated carbocycles. The fourth-order valence-corrected chi connectivity index (χ4v) is 5.78. The zero-order chi connectivity index (χ0) is 22.4. The van der Waals surface area contributed by atoms with Crippen LogP contribution in [0.3, 0.4) is 0 Å². The number of carboxylic acids is 1. The normalized spacial score (nSPS) is 25.4. The first kappa shape index (κ1) is 27.0. The lowest BCUT2D eigenvalue weighted by molar-refractivity contribution is -0.143. The maximum absolute atomic E-state index is 11.7. The first-order valence-corrected chi connectivity index (χ1v) is 12.8. The number of carboxylic acid groups (broad SMARTS) is 1. The fraction of sp³-hybridized carbons (Fsp3) is 0.833. The van der Waals surface area contributed by atoms with E-state index in [0.717, 1.165) is 19.3 Å². The van der Waals surface area contributed by atoms with Gasteiger partial charge in [-0.05, 0) is 39.0 Å². The predicted octanol–water partition coefficient (Wildman–Crippen LogP) is 5.74. The third-order valence-corrected chi connectivity index (χ3v) is 7.63. The molecule has 0 amide bonds. The molecule has 0 heterocycles. The van der Waals surface area contributed by atoms with E-state index in [-0.39, 0.29) is 17.6 Å². The van der Waals surface area contributed by atoms with Crippen LogP contribution in [0.2, 0.25) is 0 Å². The largest absolute Gasteiger partial charge is 0.481 e. The van der Waals surface area contributed by atoms with Gasteiger partial charge in [0.15, 0.2) is 0 Å². The van der Waals surface area contributed by atoms with Gasteiger partial charge in [-0.25, -0.2) is 0 Å². The molecular formula is C24H42O5S. The summed E-state index contributed by atoms with van der Waals surface area (Å²) in [6.45, 7) is 6.35. The van der Waals surface area contributed by atoms with Crippen LogP contribution in [-0.2, 0) is 14.3 Å². The Labute approximate surface area is 187 Å². The summed E-state index contributed by atoms with van der Waals surface area (Å²) >= 11 is 1.58. The number of rotatable bonds is 15. The van der Waals surface area contributed by atoms with Gasteiger partial charge in [-0.3, -0.25) is 9.59 Å². The maximum Gasteiger partial charge on any atom is 0.306 e. The summed E-state index contributed by atoms with van der Waals surface area (Å²) < 4.78 is 5.01. The van der Waals surface area contributed by atoms with Gasteiger partial charge in [0.1, 0.15) is 0 Å². The summed E-state index contributed by atoms with van der Waals surface area (Å²) in [5.41, 5.74) is 0.629. The molecule has 0 spiro atoms. The lowest BCUT2D eigenvalue weighted by Crippen LogP contribution is -2.47. The molecule has 0 aromatic carbocycles. The molecule has 0 bridgehead atoms. The van der Waals surface area contributed by atoms with E-state index in [9.17, 15) is 19.8 Å². The molecule has 0 unspecified atom stereocenters. The number of aliphatic hydroxyl groups excluding tert-OH is 1. The number of carbonyl (C=O) groups is 2. The minimum Gasteiger partial charge on any atom is -0.481 e. The topological polar surface area (TPSA) is 83.8 Å². The van der Waals surface area contributed by atoms with Crippen molar-refractivity contribution < 1.29 is 24.5 Å². The number of unbranched alkanes of at least 4 members (excludes halogenated alkanes) is 6. The van der Waals surface area contributed by atoms with E-state index in [2.05, 4.69) is 13.0 Å². The Morgan fingerprint density at radius 3 is 2.50 bits per heavy atom. The molecule has 30 heavy (non-hydrogen) atoms. The number of thioether (sulfide) groups is 1. The molecule has 1 aliphatic carbocycles. The lowest BCUT2D eigenvalue weighted by atomic mass is 9.66. The molecule has 3 atom stereocenters.